The number of aromatic nitrogens is 2. The number of nitrogens with one attached hydrogen (secondary N) is 2. The number of carbonyl (C=O) groups is 1. The first kappa shape index (κ1) is 19.2. The van der Waals surface area contributed by atoms with E-state index < -0.39 is 0 Å². The highest BCUT2D eigenvalue weighted by Crippen LogP contribution is 2.36. The van der Waals surface area contributed by atoms with Crippen molar-refractivity contribution in [3.05, 3.63) is 35.0 Å². The first-order valence-electron chi connectivity index (χ1n) is 8.94. The molecule has 2 N–H and O–H groups in total. The van der Waals surface area contributed by atoms with E-state index in [1.807, 2.05) is 0 Å². The number of anilines is 2. The maximum Gasteiger partial charge on any atom is 0.272 e. The van der Waals surface area contributed by atoms with Crippen LogP contribution in [-0.2, 0) is 0 Å². The molecule has 1 fully saturated rings. The van der Waals surface area contributed by atoms with E-state index in [4.69, 9.17) is 21.1 Å². The Morgan fingerprint density at radius 1 is 1.07 bits per heavy atom. The van der Waals surface area contributed by atoms with Crippen molar-refractivity contribution in [3.8, 4) is 11.5 Å². The third kappa shape index (κ3) is 4.80. The monoisotopic (exact) mass is 390 g/mol. The molecule has 0 aliphatic heterocycles. The fourth-order valence-electron chi connectivity index (χ4n) is 3.12. The lowest BCUT2D eigenvalue weighted by Gasteiger charge is -2.22. The van der Waals surface area contributed by atoms with Gasteiger partial charge < -0.3 is 20.1 Å². The van der Waals surface area contributed by atoms with Crippen molar-refractivity contribution in [1.29, 1.82) is 0 Å². The van der Waals surface area contributed by atoms with Crippen molar-refractivity contribution in [2.75, 3.05) is 19.5 Å². The van der Waals surface area contributed by atoms with E-state index in [0.717, 1.165) is 25.7 Å². The van der Waals surface area contributed by atoms with Gasteiger partial charge in [-0.1, -0.05) is 30.9 Å². The van der Waals surface area contributed by atoms with Crippen LogP contribution >= 0.6 is 11.6 Å². The lowest BCUT2D eigenvalue weighted by Crippen LogP contribution is -2.36. The van der Waals surface area contributed by atoms with Gasteiger partial charge in [0, 0.05) is 18.2 Å². The molecule has 0 radical (unpaired) electrons. The Labute approximate surface area is 163 Å². The molecular weight excluding hydrogens is 368 g/mol. The summed E-state index contributed by atoms with van der Waals surface area (Å²) in [4.78, 5) is 12.3. The molecule has 0 spiro atoms. The van der Waals surface area contributed by atoms with Crippen molar-refractivity contribution < 1.29 is 14.3 Å². The van der Waals surface area contributed by atoms with Crippen molar-refractivity contribution in [1.82, 2.24) is 15.5 Å². The average molecular weight is 391 g/mol. The largest absolute Gasteiger partial charge is 0.495 e. The molecule has 0 saturated heterocycles. The molecule has 8 heteroatoms. The molecular formula is C19H23ClN4O3. The minimum atomic E-state index is -0.188. The second kappa shape index (κ2) is 8.90. The van der Waals surface area contributed by atoms with Crippen LogP contribution < -0.4 is 20.1 Å². The number of methoxy groups -OCH3 is 2. The Balaban J connectivity index is 1.69. The van der Waals surface area contributed by atoms with Crippen molar-refractivity contribution in [3.63, 3.8) is 0 Å². The summed E-state index contributed by atoms with van der Waals surface area (Å²) in [6, 6.07) is 6.95. The van der Waals surface area contributed by atoms with Crippen LogP contribution in [0.2, 0.25) is 5.02 Å². The molecule has 7 nitrogen and oxygen atoms in total. The molecule has 144 valence electrons. The maximum atomic E-state index is 12.3. The molecule has 0 unspecified atom stereocenters. The van der Waals surface area contributed by atoms with Gasteiger partial charge in [-0.25, -0.2) is 0 Å². The lowest BCUT2D eigenvalue weighted by atomic mass is 9.95. The highest BCUT2D eigenvalue weighted by molar-refractivity contribution is 6.32. The lowest BCUT2D eigenvalue weighted by molar-refractivity contribution is 0.0921. The van der Waals surface area contributed by atoms with Gasteiger partial charge in [-0.05, 0) is 25.0 Å². The van der Waals surface area contributed by atoms with Crippen LogP contribution in [0.3, 0.4) is 0 Å². The number of rotatable bonds is 6. The molecule has 0 atom stereocenters. The van der Waals surface area contributed by atoms with Gasteiger partial charge in [-0.2, -0.15) is 0 Å². The smallest absolute Gasteiger partial charge is 0.272 e. The van der Waals surface area contributed by atoms with E-state index in [9.17, 15) is 4.79 Å². The van der Waals surface area contributed by atoms with Crippen molar-refractivity contribution >= 4 is 29.0 Å². The number of hydrogen-bond acceptors (Lipinski definition) is 6. The number of benzene rings is 1. The normalized spacial score (nSPS) is 14.5. The summed E-state index contributed by atoms with van der Waals surface area (Å²) in [5.41, 5.74) is 0.930. The molecule has 0 bridgehead atoms. The van der Waals surface area contributed by atoms with Crippen molar-refractivity contribution in [2.45, 2.75) is 38.1 Å². The Morgan fingerprint density at radius 2 is 1.81 bits per heavy atom. The summed E-state index contributed by atoms with van der Waals surface area (Å²) in [6.07, 6.45) is 5.61. The summed E-state index contributed by atoms with van der Waals surface area (Å²) >= 11 is 6.11. The molecule has 1 aliphatic carbocycles. The Kier molecular flexibility index (Phi) is 6.34. The number of carbonyl (C=O) groups excluding carboxylic acids is 1. The Hall–Kier alpha value is -2.54. The molecule has 2 aromatic rings. The van der Waals surface area contributed by atoms with Crippen LogP contribution in [0.4, 0.5) is 11.5 Å². The van der Waals surface area contributed by atoms with Crippen LogP contribution in [0, 0.1) is 0 Å². The summed E-state index contributed by atoms with van der Waals surface area (Å²) < 4.78 is 10.6. The average Bonchev–Trinajstić information content (AvgIpc) is 2.70. The van der Waals surface area contributed by atoms with E-state index in [1.165, 1.54) is 13.5 Å². The van der Waals surface area contributed by atoms with Gasteiger partial charge in [-0.15, -0.1) is 10.2 Å². The number of hydrogen-bond donors (Lipinski definition) is 2. The van der Waals surface area contributed by atoms with E-state index >= 15 is 0 Å². The summed E-state index contributed by atoms with van der Waals surface area (Å²) in [6.45, 7) is 0. The van der Waals surface area contributed by atoms with E-state index in [2.05, 4.69) is 20.8 Å². The molecule has 27 heavy (non-hydrogen) atoms. The zero-order chi connectivity index (χ0) is 19.2. The highest BCUT2D eigenvalue weighted by atomic mass is 35.5. The molecule has 1 aromatic heterocycles. The molecule has 1 amide bonds. The molecule has 1 saturated carbocycles. The van der Waals surface area contributed by atoms with Gasteiger partial charge in [0.15, 0.2) is 11.5 Å². The van der Waals surface area contributed by atoms with Crippen LogP contribution in [0.5, 0.6) is 11.5 Å². The second-order valence-electron chi connectivity index (χ2n) is 6.42. The zero-order valence-electron chi connectivity index (χ0n) is 15.4. The van der Waals surface area contributed by atoms with Gasteiger partial charge in [-0.3, -0.25) is 4.79 Å². The number of amides is 1. The van der Waals surface area contributed by atoms with Gasteiger partial charge in [0.2, 0.25) is 0 Å². The van der Waals surface area contributed by atoms with E-state index in [0.29, 0.717) is 33.7 Å². The van der Waals surface area contributed by atoms with E-state index in [1.54, 1.807) is 31.4 Å². The van der Waals surface area contributed by atoms with Crippen LogP contribution in [0.1, 0.15) is 42.6 Å². The van der Waals surface area contributed by atoms with Crippen molar-refractivity contribution in [2.24, 2.45) is 0 Å². The minimum absolute atomic E-state index is 0.188. The van der Waals surface area contributed by atoms with Gasteiger partial charge in [0.25, 0.3) is 5.91 Å². The third-order valence-corrected chi connectivity index (χ3v) is 4.87. The first-order chi connectivity index (χ1) is 13.1. The minimum Gasteiger partial charge on any atom is -0.495 e. The van der Waals surface area contributed by atoms with Crippen LogP contribution in [-0.4, -0.2) is 36.4 Å². The summed E-state index contributed by atoms with van der Waals surface area (Å²) in [5.74, 6) is 1.34. The Morgan fingerprint density at radius 3 is 2.44 bits per heavy atom. The van der Waals surface area contributed by atoms with E-state index in [-0.39, 0.29) is 11.9 Å². The predicted molar refractivity (Wildman–Crippen MR) is 104 cm³/mol. The molecule has 1 aromatic carbocycles. The topological polar surface area (TPSA) is 85.4 Å². The fourth-order valence-corrected chi connectivity index (χ4v) is 3.35. The van der Waals surface area contributed by atoms with Crippen LogP contribution in [0.25, 0.3) is 0 Å². The van der Waals surface area contributed by atoms with Crippen LogP contribution in [0.15, 0.2) is 24.3 Å². The highest BCUT2D eigenvalue weighted by Gasteiger charge is 2.18. The summed E-state index contributed by atoms with van der Waals surface area (Å²) in [7, 11) is 3.09. The quantitative estimate of drug-likeness (QED) is 0.776. The van der Waals surface area contributed by atoms with Gasteiger partial charge in [0.1, 0.15) is 11.5 Å². The number of nitrogens with zero attached hydrogens (tertiary/aromatic N) is 2. The molecule has 1 heterocycles. The molecule has 1 aliphatic rings. The van der Waals surface area contributed by atoms with Gasteiger partial charge in [0.05, 0.1) is 24.9 Å². The maximum absolute atomic E-state index is 12.3. The number of halogens is 1. The third-order valence-electron chi connectivity index (χ3n) is 4.57. The Bertz CT molecular complexity index is 792. The predicted octanol–water partition coefficient (Wildman–Crippen LogP) is 3.95. The number of ether oxygens (including phenoxy) is 2. The van der Waals surface area contributed by atoms with Gasteiger partial charge >= 0.3 is 0 Å². The molecule has 3 rings (SSSR count). The zero-order valence-corrected chi connectivity index (χ0v) is 16.2. The standard InChI is InChI=1S/C19H23ClN4O3/c1-26-16-11-15(17(27-2)10-13(16)20)22-18-9-8-14(23-24-18)19(25)21-12-6-4-3-5-7-12/h8-12H,3-7H2,1-2H3,(H,21,25)(H,22,24). The first-order valence-corrected chi connectivity index (χ1v) is 9.31. The fraction of sp³-hybridized carbons (Fsp3) is 0.421. The second-order valence-corrected chi connectivity index (χ2v) is 6.83. The summed E-state index contributed by atoms with van der Waals surface area (Å²) in [5, 5.41) is 14.7. The SMILES string of the molecule is COc1cc(Nc2ccc(C(=O)NC3CCCCC3)nn2)c(OC)cc1Cl.